The van der Waals surface area contributed by atoms with Crippen molar-refractivity contribution in [1.29, 1.82) is 0 Å². The van der Waals surface area contributed by atoms with Crippen LogP contribution in [-0.4, -0.2) is 24.1 Å². The van der Waals surface area contributed by atoms with Gasteiger partial charge in [0.1, 0.15) is 5.82 Å². The van der Waals surface area contributed by atoms with E-state index in [1.165, 1.54) is 44.2 Å². The minimum atomic E-state index is 0.623. The molecule has 1 aromatic rings. The minimum Gasteiger partial charge on any atom is -0.381 e. The number of aromatic nitrogens is 1. The molecule has 1 saturated heterocycles. The molecule has 1 aromatic heterocycles. The molecule has 1 saturated carbocycles. The molecule has 0 radical (unpaired) electrons. The van der Waals surface area contributed by atoms with Crippen LogP contribution in [0, 0.1) is 11.8 Å². The van der Waals surface area contributed by atoms with Crippen LogP contribution in [0.5, 0.6) is 0 Å². The Kier molecular flexibility index (Phi) is 4.67. The van der Waals surface area contributed by atoms with Gasteiger partial charge in [0.2, 0.25) is 0 Å². The highest BCUT2D eigenvalue weighted by Gasteiger charge is 2.27. The molecular weight excluding hydrogens is 258 g/mol. The highest BCUT2D eigenvalue weighted by molar-refractivity contribution is 5.49. The highest BCUT2D eigenvalue weighted by Crippen LogP contribution is 2.32. The van der Waals surface area contributed by atoms with Crippen molar-refractivity contribution < 1.29 is 0 Å². The van der Waals surface area contributed by atoms with Gasteiger partial charge in [-0.1, -0.05) is 26.7 Å². The van der Waals surface area contributed by atoms with E-state index in [0.717, 1.165) is 30.7 Å². The second-order valence-corrected chi connectivity index (χ2v) is 7.04. The number of nitrogens with one attached hydrogen (secondary N) is 1. The zero-order valence-corrected chi connectivity index (χ0v) is 13.5. The molecule has 2 heterocycles. The lowest BCUT2D eigenvalue weighted by atomic mass is 9.78. The van der Waals surface area contributed by atoms with Crippen molar-refractivity contribution >= 4 is 11.5 Å². The summed E-state index contributed by atoms with van der Waals surface area (Å²) in [4.78, 5) is 7.05. The second-order valence-electron chi connectivity index (χ2n) is 7.04. The number of pyridine rings is 1. The predicted octanol–water partition coefficient (Wildman–Crippen LogP) is 4.31. The maximum atomic E-state index is 4.66. The summed E-state index contributed by atoms with van der Waals surface area (Å²) in [5.41, 5.74) is 1.19. The average Bonchev–Trinajstić information content (AvgIpc) is 3.03. The molecule has 2 unspecified atom stereocenters. The fraction of sp³-hybridized carbons (Fsp3) is 0.722. The Morgan fingerprint density at radius 1 is 1.10 bits per heavy atom. The Labute approximate surface area is 129 Å². The number of hydrogen-bond donors (Lipinski definition) is 1. The van der Waals surface area contributed by atoms with Crippen molar-refractivity contribution in [3.05, 3.63) is 18.3 Å². The summed E-state index contributed by atoms with van der Waals surface area (Å²) < 4.78 is 0. The Balaban J connectivity index is 1.63. The van der Waals surface area contributed by atoms with Crippen LogP contribution >= 0.6 is 0 Å². The highest BCUT2D eigenvalue weighted by atomic mass is 15.2. The topological polar surface area (TPSA) is 28.2 Å². The van der Waals surface area contributed by atoms with Gasteiger partial charge in [0, 0.05) is 19.1 Å². The second kappa shape index (κ2) is 6.67. The molecule has 0 amide bonds. The van der Waals surface area contributed by atoms with E-state index in [4.69, 9.17) is 0 Å². The van der Waals surface area contributed by atoms with Crippen LogP contribution in [0.2, 0.25) is 0 Å². The first kappa shape index (κ1) is 14.7. The molecule has 0 aromatic carbocycles. The molecule has 1 aliphatic heterocycles. The molecule has 2 aliphatic rings. The number of rotatable bonds is 4. The van der Waals surface area contributed by atoms with E-state index >= 15 is 0 Å². The van der Waals surface area contributed by atoms with Gasteiger partial charge in [-0.2, -0.15) is 0 Å². The number of nitrogens with zero attached hydrogens (tertiary/aromatic N) is 2. The summed E-state index contributed by atoms with van der Waals surface area (Å²) in [6.45, 7) is 7.05. The molecule has 2 fully saturated rings. The fourth-order valence-electron chi connectivity index (χ4n) is 3.96. The lowest BCUT2D eigenvalue weighted by Crippen LogP contribution is -2.35. The van der Waals surface area contributed by atoms with Crippen molar-refractivity contribution in [1.82, 2.24) is 4.98 Å². The molecule has 0 bridgehead atoms. The molecule has 1 aliphatic carbocycles. The Bertz CT molecular complexity index is 434. The largest absolute Gasteiger partial charge is 0.381 e. The zero-order valence-electron chi connectivity index (χ0n) is 13.5. The Hall–Kier alpha value is -1.25. The Morgan fingerprint density at radius 3 is 2.52 bits per heavy atom. The first-order valence-corrected chi connectivity index (χ1v) is 8.71. The first-order valence-electron chi connectivity index (χ1n) is 8.71. The summed E-state index contributed by atoms with van der Waals surface area (Å²) >= 11 is 0. The molecule has 21 heavy (non-hydrogen) atoms. The van der Waals surface area contributed by atoms with E-state index in [9.17, 15) is 0 Å². The van der Waals surface area contributed by atoms with Crippen molar-refractivity contribution in [2.24, 2.45) is 11.8 Å². The monoisotopic (exact) mass is 287 g/mol. The van der Waals surface area contributed by atoms with Gasteiger partial charge in [0.05, 0.1) is 11.9 Å². The summed E-state index contributed by atoms with van der Waals surface area (Å²) in [6, 6.07) is 5.02. The van der Waals surface area contributed by atoms with Crippen LogP contribution < -0.4 is 10.2 Å². The van der Waals surface area contributed by atoms with Crippen LogP contribution in [0.3, 0.4) is 0 Å². The third-order valence-electron chi connectivity index (χ3n) is 5.21. The van der Waals surface area contributed by atoms with Crippen LogP contribution in [0.25, 0.3) is 0 Å². The van der Waals surface area contributed by atoms with Crippen molar-refractivity contribution in [3.63, 3.8) is 0 Å². The van der Waals surface area contributed by atoms with Crippen LogP contribution in [0.15, 0.2) is 18.3 Å². The number of hydrogen-bond acceptors (Lipinski definition) is 3. The summed E-state index contributed by atoms with van der Waals surface area (Å²) in [5, 5.41) is 3.75. The third kappa shape index (κ3) is 3.50. The first-order chi connectivity index (χ1) is 10.2. The lowest BCUT2D eigenvalue weighted by Gasteiger charge is -2.35. The molecule has 0 spiro atoms. The maximum absolute atomic E-state index is 4.66. The van der Waals surface area contributed by atoms with E-state index in [1.54, 1.807) is 0 Å². The van der Waals surface area contributed by atoms with Crippen LogP contribution in [0.4, 0.5) is 11.5 Å². The van der Waals surface area contributed by atoms with Crippen molar-refractivity contribution in [2.45, 2.75) is 58.4 Å². The van der Waals surface area contributed by atoms with Gasteiger partial charge in [0.15, 0.2) is 0 Å². The SMILES string of the molecule is CC(C)C1CCCCC1Nc1ccc(N2CCCC2)nc1. The fourth-order valence-corrected chi connectivity index (χ4v) is 3.96. The summed E-state index contributed by atoms with van der Waals surface area (Å²) in [5.74, 6) is 2.71. The normalized spacial score (nSPS) is 26.3. The van der Waals surface area contributed by atoms with Gasteiger partial charge in [0.25, 0.3) is 0 Å². The standard InChI is InChI=1S/C18H29N3/c1-14(2)16-7-3-4-8-17(16)20-15-9-10-18(19-13-15)21-11-5-6-12-21/h9-10,13-14,16-17,20H,3-8,11-12H2,1-2H3. The quantitative estimate of drug-likeness (QED) is 0.894. The molecule has 2 atom stereocenters. The molecular formula is C18H29N3. The summed E-state index contributed by atoms with van der Waals surface area (Å²) in [7, 11) is 0. The van der Waals surface area contributed by atoms with Gasteiger partial charge in [-0.3, -0.25) is 0 Å². The molecule has 3 nitrogen and oxygen atoms in total. The van der Waals surface area contributed by atoms with E-state index in [1.807, 2.05) is 6.20 Å². The molecule has 1 N–H and O–H groups in total. The average molecular weight is 287 g/mol. The molecule has 116 valence electrons. The lowest BCUT2D eigenvalue weighted by molar-refractivity contribution is 0.254. The number of anilines is 2. The predicted molar refractivity (Wildman–Crippen MR) is 89.9 cm³/mol. The van der Waals surface area contributed by atoms with Gasteiger partial charge < -0.3 is 10.2 Å². The Morgan fingerprint density at radius 2 is 1.86 bits per heavy atom. The third-order valence-corrected chi connectivity index (χ3v) is 5.21. The van der Waals surface area contributed by atoms with E-state index in [2.05, 4.69) is 41.2 Å². The van der Waals surface area contributed by atoms with Crippen LogP contribution in [0.1, 0.15) is 52.4 Å². The molecule has 3 rings (SSSR count). The minimum absolute atomic E-state index is 0.623. The maximum Gasteiger partial charge on any atom is 0.128 e. The van der Waals surface area contributed by atoms with Gasteiger partial charge >= 0.3 is 0 Å². The van der Waals surface area contributed by atoms with Crippen LogP contribution in [-0.2, 0) is 0 Å². The van der Waals surface area contributed by atoms with E-state index in [0.29, 0.717) is 6.04 Å². The van der Waals surface area contributed by atoms with E-state index in [-0.39, 0.29) is 0 Å². The van der Waals surface area contributed by atoms with Gasteiger partial charge in [-0.05, 0) is 49.7 Å². The van der Waals surface area contributed by atoms with E-state index < -0.39 is 0 Å². The van der Waals surface area contributed by atoms with Gasteiger partial charge in [-0.15, -0.1) is 0 Å². The van der Waals surface area contributed by atoms with Crippen molar-refractivity contribution in [2.75, 3.05) is 23.3 Å². The zero-order chi connectivity index (χ0) is 14.7. The smallest absolute Gasteiger partial charge is 0.128 e. The molecule has 3 heteroatoms. The van der Waals surface area contributed by atoms with Crippen molar-refractivity contribution in [3.8, 4) is 0 Å². The van der Waals surface area contributed by atoms with Gasteiger partial charge in [-0.25, -0.2) is 4.98 Å². The summed E-state index contributed by atoms with van der Waals surface area (Å²) in [6.07, 6.45) is 10.1.